The van der Waals surface area contributed by atoms with Crippen LogP contribution in [0.25, 0.3) is 0 Å². The van der Waals surface area contributed by atoms with Crippen molar-refractivity contribution >= 4 is 19.8 Å². The minimum atomic E-state index is -4.59. The van der Waals surface area contributed by atoms with Gasteiger partial charge in [0.05, 0.1) is 26.4 Å². The minimum absolute atomic E-state index is 0.180. The fraction of sp³-hybridized carbons (Fsp3) is 0.688. The van der Waals surface area contributed by atoms with Crippen LogP contribution in [0.4, 0.5) is 0 Å². The summed E-state index contributed by atoms with van der Waals surface area (Å²) in [5.74, 6) is -1.21. The molecule has 0 heterocycles. The van der Waals surface area contributed by atoms with E-state index in [2.05, 4.69) is 60.1 Å². The second-order valence-electron chi connectivity index (χ2n) is 10.1. The normalized spacial score (nSPS) is 15.0. The third-order valence-corrected chi connectivity index (χ3v) is 7.06. The first-order valence-corrected chi connectivity index (χ1v) is 17.0. The molecule has 0 aliphatic rings. The molecule has 3 N–H and O–H groups in total. The largest absolute Gasteiger partial charge is 0.472 e. The van der Waals surface area contributed by atoms with Crippen molar-refractivity contribution in [3.05, 3.63) is 48.6 Å². The van der Waals surface area contributed by atoms with Gasteiger partial charge in [-0.2, -0.15) is 0 Å². The van der Waals surface area contributed by atoms with Gasteiger partial charge in [-0.15, -0.1) is 0 Å². The molecule has 0 bridgehead atoms. The highest BCUT2D eigenvalue weighted by atomic mass is 31.2. The molecular weight excluding hydrogens is 575 g/mol. The van der Waals surface area contributed by atoms with E-state index in [1.807, 2.05) is 0 Å². The molecule has 0 aromatic heterocycles. The topological polar surface area (TPSA) is 149 Å². The number of phosphoric ester groups is 1. The number of esters is 2. The third-order valence-electron chi connectivity index (χ3n) is 6.11. The van der Waals surface area contributed by atoms with Crippen LogP contribution in [0.3, 0.4) is 0 Å². The van der Waals surface area contributed by atoms with Gasteiger partial charge in [-0.3, -0.25) is 18.6 Å². The Labute approximate surface area is 258 Å². The summed E-state index contributed by atoms with van der Waals surface area (Å²) in [5, 5.41) is 18.5. The zero-order valence-corrected chi connectivity index (χ0v) is 27.0. The highest BCUT2D eigenvalue weighted by Gasteiger charge is 2.27. The highest BCUT2D eigenvalue weighted by Crippen LogP contribution is 2.43. The van der Waals surface area contributed by atoms with Crippen molar-refractivity contribution < 1.29 is 47.8 Å². The van der Waals surface area contributed by atoms with Gasteiger partial charge in [0.2, 0.25) is 0 Å². The second-order valence-corrected chi connectivity index (χ2v) is 11.6. The molecule has 0 aromatic carbocycles. The van der Waals surface area contributed by atoms with Crippen LogP contribution in [0, 0.1) is 0 Å². The number of ether oxygens (including phenoxy) is 2. The molecular formula is C32H55O10P. The maximum absolute atomic E-state index is 12.1. The lowest BCUT2D eigenvalue weighted by molar-refractivity contribution is -0.153. The second kappa shape index (κ2) is 28.7. The third kappa shape index (κ3) is 28.5. The Hall–Kier alpha value is -2.07. The van der Waals surface area contributed by atoms with Gasteiger partial charge in [0.1, 0.15) is 12.2 Å². The van der Waals surface area contributed by atoms with Crippen LogP contribution in [0.1, 0.15) is 104 Å². The molecule has 0 aromatic rings. The summed E-state index contributed by atoms with van der Waals surface area (Å²) < 4.78 is 31.2. The number of carbonyl (C=O) groups excluding carboxylic acids is 2. The number of phosphoric acid groups is 1. The quantitative estimate of drug-likeness (QED) is 0.0371. The van der Waals surface area contributed by atoms with Crippen molar-refractivity contribution in [1.29, 1.82) is 0 Å². The molecule has 43 heavy (non-hydrogen) atoms. The Morgan fingerprint density at radius 2 is 1.12 bits per heavy atom. The maximum Gasteiger partial charge on any atom is 0.472 e. The van der Waals surface area contributed by atoms with Gasteiger partial charge in [0.25, 0.3) is 0 Å². The van der Waals surface area contributed by atoms with Gasteiger partial charge in [-0.25, -0.2) is 4.57 Å². The molecule has 0 aliphatic carbocycles. The Morgan fingerprint density at radius 3 is 1.60 bits per heavy atom. The molecule has 11 heteroatoms. The van der Waals surface area contributed by atoms with E-state index in [1.165, 1.54) is 25.7 Å². The Kier molecular flexibility index (Phi) is 27.3. The van der Waals surface area contributed by atoms with Crippen molar-refractivity contribution in [3.63, 3.8) is 0 Å². The average molecular weight is 631 g/mol. The Balaban J connectivity index is 3.78. The summed E-state index contributed by atoms with van der Waals surface area (Å²) in [7, 11) is -4.59. The molecule has 0 radical (unpaired) electrons. The summed E-state index contributed by atoms with van der Waals surface area (Å²) in [6.07, 6.45) is 29.3. The average Bonchev–Trinajstić information content (AvgIpc) is 2.98. The summed E-state index contributed by atoms with van der Waals surface area (Å²) in [6, 6.07) is 0. The van der Waals surface area contributed by atoms with E-state index in [0.717, 1.165) is 58.3 Å². The van der Waals surface area contributed by atoms with Crippen molar-refractivity contribution in [2.45, 2.75) is 116 Å². The molecule has 248 valence electrons. The van der Waals surface area contributed by atoms with Crippen LogP contribution in [-0.2, 0) is 32.7 Å². The summed E-state index contributed by atoms with van der Waals surface area (Å²) in [6.45, 7) is 0.927. The molecule has 0 rings (SSSR count). The lowest BCUT2D eigenvalue weighted by atomic mass is 10.1. The van der Waals surface area contributed by atoms with Crippen LogP contribution in [0.2, 0.25) is 0 Å². The predicted molar refractivity (Wildman–Crippen MR) is 168 cm³/mol. The first-order valence-electron chi connectivity index (χ1n) is 15.5. The van der Waals surface area contributed by atoms with Crippen molar-refractivity contribution in [1.82, 2.24) is 0 Å². The van der Waals surface area contributed by atoms with Crippen molar-refractivity contribution in [2.75, 3.05) is 26.4 Å². The van der Waals surface area contributed by atoms with Crippen LogP contribution < -0.4 is 0 Å². The lowest BCUT2D eigenvalue weighted by Gasteiger charge is -2.20. The first kappa shape index (κ1) is 40.9. The highest BCUT2D eigenvalue weighted by molar-refractivity contribution is 7.47. The van der Waals surface area contributed by atoms with Gasteiger partial charge in [-0.1, -0.05) is 94.1 Å². The van der Waals surface area contributed by atoms with Gasteiger partial charge < -0.3 is 24.6 Å². The summed E-state index contributed by atoms with van der Waals surface area (Å²) in [4.78, 5) is 32.7. The molecule has 0 amide bonds. The zero-order chi connectivity index (χ0) is 32.0. The van der Waals surface area contributed by atoms with Crippen LogP contribution >= 0.6 is 7.82 Å². The molecule has 10 nitrogen and oxygen atoms in total. The number of rotatable bonds is 28. The van der Waals surface area contributed by atoms with Gasteiger partial charge >= 0.3 is 19.8 Å². The Morgan fingerprint density at radius 1 is 0.674 bits per heavy atom. The molecule has 0 saturated heterocycles. The van der Waals surface area contributed by atoms with Crippen LogP contribution in [0.5, 0.6) is 0 Å². The van der Waals surface area contributed by atoms with E-state index in [4.69, 9.17) is 19.1 Å². The van der Waals surface area contributed by atoms with Crippen molar-refractivity contribution in [2.24, 2.45) is 0 Å². The van der Waals surface area contributed by atoms with Gasteiger partial charge in [0, 0.05) is 13.3 Å². The predicted octanol–water partition coefficient (Wildman–Crippen LogP) is 6.65. The zero-order valence-electron chi connectivity index (χ0n) is 26.1. The number of carbonyl (C=O) groups is 2. The minimum Gasteiger partial charge on any atom is -0.458 e. The van der Waals surface area contributed by atoms with Crippen molar-refractivity contribution in [3.8, 4) is 0 Å². The fourth-order valence-electron chi connectivity index (χ4n) is 3.81. The Bertz CT molecular complexity index is 868. The lowest BCUT2D eigenvalue weighted by Crippen LogP contribution is -2.28. The molecule has 3 atom stereocenters. The number of hydrogen-bond donors (Lipinski definition) is 3. The molecule has 0 aliphatic heterocycles. The molecule has 3 unspecified atom stereocenters. The summed E-state index contributed by atoms with van der Waals surface area (Å²) in [5.41, 5.74) is 0. The van der Waals surface area contributed by atoms with E-state index >= 15 is 0 Å². The SMILES string of the molecule is CC/C=C\C/C=C\C/C=C\C/C=C\CCCCCCCCCCC(=O)OC(CO)COP(=O)(O)OCC(CO)OC(C)=O. The number of hydrogen-bond acceptors (Lipinski definition) is 9. The number of allylic oxidation sites excluding steroid dienone is 8. The van der Waals surface area contributed by atoms with Gasteiger partial charge in [-0.05, 0) is 44.9 Å². The smallest absolute Gasteiger partial charge is 0.458 e. The first-order chi connectivity index (χ1) is 20.7. The number of aliphatic hydroxyl groups is 2. The van der Waals surface area contributed by atoms with Crippen LogP contribution in [0.15, 0.2) is 48.6 Å². The van der Waals surface area contributed by atoms with Crippen LogP contribution in [-0.4, -0.2) is 65.7 Å². The van der Waals surface area contributed by atoms with Gasteiger partial charge in [0.15, 0.2) is 0 Å². The fourth-order valence-corrected chi connectivity index (χ4v) is 4.59. The molecule has 0 spiro atoms. The number of unbranched alkanes of at least 4 members (excludes halogenated alkanes) is 8. The number of aliphatic hydroxyl groups excluding tert-OH is 2. The molecule has 0 fully saturated rings. The summed E-state index contributed by atoms with van der Waals surface area (Å²) >= 11 is 0. The van der Waals surface area contributed by atoms with E-state index in [9.17, 15) is 24.2 Å². The maximum atomic E-state index is 12.1. The van der Waals surface area contributed by atoms with E-state index in [1.54, 1.807) is 0 Å². The monoisotopic (exact) mass is 630 g/mol. The van der Waals surface area contributed by atoms with E-state index in [0.29, 0.717) is 6.42 Å². The van der Waals surface area contributed by atoms with E-state index in [-0.39, 0.29) is 6.42 Å². The van der Waals surface area contributed by atoms with E-state index < -0.39 is 58.4 Å². The molecule has 0 saturated carbocycles. The standard InChI is InChI=1S/C32H55O10P/c1-3-4-5-6-7-8-9-10-11-12-13-14-15-16-17-18-19-20-21-22-23-24-32(36)42-31(26-34)28-40-43(37,38)39-27-30(25-33)41-29(2)35/h4-5,7-8,10-11,13-14,30-31,33-34H,3,6,9,12,15-28H2,1-2H3,(H,37,38)/b5-4-,8-7-,11-10-,14-13-.